The highest BCUT2D eigenvalue weighted by molar-refractivity contribution is 7.14. The number of benzene rings is 2. The Morgan fingerprint density at radius 2 is 1.93 bits per heavy atom. The van der Waals surface area contributed by atoms with Crippen molar-refractivity contribution in [2.45, 2.75) is 32.6 Å². The second kappa shape index (κ2) is 10.1. The fraction of sp³-hybridized carbons (Fsp3) is 0.273. The Hall–Kier alpha value is -2.08. The molecule has 152 valence electrons. The molecule has 0 spiro atoms. The first-order valence-electron chi connectivity index (χ1n) is 9.36. The fourth-order valence-corrected chi connectivity index (χ4v) is 3.89. The Morgan fingerprint density at radius 1 is 1.17 bits per heavy atom. The highest BCUT2D eigenvalue weighted by Gasteiger charge is 2.09. The summed E-state index contributed by atoms with van der Waals surface area (Å²) >= 11 is 13.3. The minimum atomic E-state index is -0.0909. The average molecular weight is 449 g/mol. The Bertz CT molecular complexity index is 971. The third-order valence-corrected chi connectivity index (χ3v) is 5.61. The molecule has 0 saturated carbocycles. The number of amides is 1. The molecule has 1 N–H and O–H groups in total. The van der Waals surface area contributed by atoms with Crippen molar-refractivity contribution in [3.63, 3.8) is 0 Å². The normalized spacial score (nSPS) is 10.9. The van der Waals surface area contributed by atoms with Gasteiger partial charge in [-0.3, -0.25) is 4.79 Å². The number of nitrogens with zero attached hydrogens (tertiary/aromatic N) is 1. The molecule has 1 heterocycles. The standard InChI is InChI=1S/C22H22Cl2N2O2S/c1-14(2)15-5-7-16(8-6-15)19-13-29-22(25-19)26-21(27)4-3-11-28-20-10-9-17(23)12-18(20)24/h5-10,12-14H,3-4,11H2,1-2H3,(H,25,26,27). The molecule has 0 fully saturated rings. The van der Waals surface area contributed by atoms with Crippen LogP contribution >= 0.6 is 34.5 Å². The van der Waals surface area contributed by atoms with E-state index < -0.39 is 0 Å². The Kier molecular flexibility index (Phi) is 7.53. The largest absolute Gasteiger partial charge is 0.492 e. The van der Waals surface area contributed by atoms with E-state index in [1.165, 1.54) is 16.9 Å². The fourth-order valence-electron chi connectivity index (χ4n) is 2.69. The zero-order chi connectivity index (χ0) is 20.8. The van der Waals surface area contributed by atoms with Gasteiger partial charge in [0.15, 0.2) is 5.13 Å². The summed E-state index contributed by atoms with van der Waals surface area (Å²) in [6, 6.07) is 13.4. The minimum absolute atomic E-state index is 0.0909. The summed E-state index contributed by atoms with van der Waals surface area (Å²) in [4.78, 5) is 16.7. The summed E-state index contributed by atoms with van der Waals surface area (Å²) in [7, 11) is 0. The molecule has 2 aromatic carbocycles. The van der Waals surface area contributed by atoms with Crippen molar-refractivity contribution in [2.75, 3.05) is 11.9 Å². The molecule has 1 amide bonds. The van der Waals surface area contributed by atoms with Gasteiger partial charge in [-0.25, -0.2) is 4.98 Å². The van der Waals surface area contributed by atoms with Crippen LogP contribution in [0.2, 0.25) is 10.0 Å². The van der Waals surface area contributed by atoms with E-state index >= 15 is 0 Å². The van der Waals surface area contributed by atoms with E-state index in [-0.39, 0.29) is 5.91 Å². The van der Waals surface area contributed by atoms with Gasteiger partial charge >= 0.3 is 0 Å². The monoisotopic (exact) mass is 448 g/mol. The summed E-state index contributed by atoms with van der Waals surface area (Å²) in [6.07, 6.45) is 0.906. The van der Waals surface area contributed by atoms with E-state index in [0.29, 0.717) is 46.3 Å². The lowest BCUT2D eigenvalue weighted by molar-refractivity contribution is -0.116. The number of halogens is 2. The first kappa shape index (κ1) is 21.6. The molecule has 7 heteroatoms. The van der Waals surface area contributed by atoms with Gasteiger partial charge in [0, 0.05) is 22.4 Å². The third-order valence-electron chi connectivity index (χ3n) is 4.32. The number of anilines is 1. The summed E-state index contributed by atoms with van der Waals surface area (Å²) in [6.45, 7) is 4.72. The molecule has 4 nitrogen and oxygen atoms in total. The number of hydrogen-bond acceptors (Lipinski definition) is 4. The Balaban J connectivity index is 1.46. The molecular weight excluding hydrogens is 427 g/mol. The molecule has 0 radical (unpaired) electrons. The molecular formula is C22H22Cl2N2O2S. The van der Waals surface area contributed by atoms with E-state index in [4.69, 9.17) is 27.9 Å². The quantitative estimate of drug-likeness (QED) is 0.375. The molecule has 0 aliphatic rings. The van der Waals surface area contributed by atoms with Gasteiger partial charge in [-0.05, 0) is 36.1 Å². The topological polar surface area (TPSA) is 51.2 Å². The van der Waals surface area contributed by atoms with Crippen molar-refractivity contribution in [3.05, 3.63) is 63.5 Å². The van der Waals surface area contributed by atoms with Crippen LogP contribution in [0.5, 0.6) is 5.75 Å². The molecule has 3 rings (SSSR count). The van der Waals surface area contributed by atoms with Crippen molar-refractivity contribution in [2.24, 2.45) is 0 Å². The first-order valence-corrected chi connectivity index (χ1v) is 11.0. The van der Waals surface area contributed by atoms with Crippen LogP contribution in [0.3, 0.4) is 0 Å². The molecule has 29 heavy (non-hydrogen) atoms. The van der Waals surface area contributed by atoms with Gasteiger partial charge in [0.2, 0.25) is 5.91 Å². The molecule has 0 bridgehead atoms. The van der Waals surface area contributed by atoms with Gasteiger partial charge < -0.3 is 10.1 Å². The van der Waals surface area contributed by atoms with Crippen LogP contribution < -0.4 is 10.1 Å². The van der Waals surface area contributed by atoms with E-state index in [2.05, 4.69) is 48.4 Å². The predicted molar refractivity (Wildman–Crippen MR) is 121 cm³/mol. The van der Waals surface area contributed by atoms with Crippen LogP contribution in [0.25, 0.3) is 11.3 Å². The number of rotatable bonds is 8. The third kappa shape index (κ3) is 6.20. The summed E-state index contributed by atoms with van der Waals surface area (Å²) in [5.74, 6) is 0.963. The Labute approximate surface area is 184 Å². The SMILES string of the molecule is CC(C)c1ccc(-c2csc(NC(=O)CCCOc3ccc(Cl)cc3Cl)n2)cc1. The number of carbonyl (C=O) groups is 1. The maximum absolute atomic E-state index is 12.2. The zero-order valence-corrected chi connectivity index (χ0v) is 18.6. The average Bonchev–Trinajstić information content (AvgIpc) is 3.15. The number of ether oxygens (including phenoxy) is 1. The number of nitrogens with one attached hydrogen (secondary N) is 1. The molecule has 0 saturated heterocycles. The maximum atomic E-state index is 12.2. The molecule has 3 aromatic rings. The van der Waals surface area contributed by atoms with Gasteiger partial charge in [0.1, 0.15) is 5.75 Å². The zero-order valence-electron chi connectivity index (χ0n) is 16.2. The van der Waals surface area contributed by atoms with Gasteiger partial charge in [-0.15, -0.1) is 11.3 Å². The Morgan fingerprint density at radius 3 is 2.62 bits per heavy atom. The highest BCUT2D eigenvalue weighted by Crippen LogP contribution is 2.28. The number of carbonyl (C=O) groups excluding carboxylic acids is 1. The molecule has 0 unspecified atom stereocenters. The van der Waals surface area contributed by atoms with E-state index in [9.17, 15) is 4.79 Å². The van der Waals surface area contributed by atoms with Crippen LogP contribution in [0.15, 0.2) is 47.8 Å². The van der Waals surface area contributed by atoms with Crippen LogP contribution in [0.1, 0.15) is 38.2 Å². The lowest BCUT2D eigenvalue weighted by Gasteiger charge is -2.08. The second-order valence-electron chi connectivity index (χ2n) is 6.89. The van der Waals surface area contributed by atoms with Crippen molar-refractivity contribution in [1.82, 2.24) is 4.98 Å². The maximum Gasteiger partial charge on any atom is 0.226 e. The minimum Gasteiger partial charge on any atom is -0.492 e. The van der Waals surface area contributed by atoms with Gasteiger partial charge in [-0.2, -0.15) is 0 Å². The molecule has 0 atom stereocenters. The highest BCUT2D eigenvalue weighted by atomic mass is 35.5. The van der Waals surface area contributed by atoms with Crippen LogP contribution in [-0.4, -0.2) is 17.5 Å². The summed E-state index contributed by atoms with van der Waals surface area (Å²) < 4.78 is 5.60. The van der Waals surface area contributed by atoms with E-state index in [1.54, 1.807) is 18.2 Å². The summed E-state index contributed by atoms with van der Waals surface area (Å²) in [5.41, 5.74) is 3.19. The first-order chi connectivity index (χ1) is 13.9. The lowest BCUT2D eigenvalue weighted by Crippen LogP contribution is -2.12. The number of thiazole rings is 1. The van der Waals surface area contributed by atoms with Gasteiger partial charge in [-0.1, -0.05) is 61.3 Å². The van der Waals surface area contributed by atoms with E-state index in [0.717, 1.165) is 11.3 Å². The van der Waals surface area contributed by atoms with Crippen molar-refractivity contribution in [1.29, 1.82) is 0 Å². The number of aromatic nitrogens is 1. The lowest BCUT2D eigenvalue weighted by atomic mass is 10.0. The van der Waals surface area contributed by atoms with Crippen LogP contribution in [0, 0.1) is 0 Å². The second-order valence-corrected chi connectivity index (χ2v) is 8.59. The van der Waals surface area contributed by atoms with Crippen molar-refractivity contribution < 1.29 is 9.53 Å². The smallest absolute Gasteiger partial charge is 0.226 e. The molecule has 1 aromatic heterocycles. The number of hydrogen-bond donors (Lipinski definition) is 1. The molecule has 0 aliphatic carbocycles. The molecule has 0 aliphatic heterocycles. The summed E-state index contributed by atoms with van der Waals surface area (Å²) in [5, 5.41) is 6.41. The predicted octanol–water partition coefficient (Wildman–Crippen LogP) is 7.04. The van der Waals surface area contributed by atoms with Crippen molar-refractivity contribution in [3.8, 4) is 17.0 Å². The van der Waals surface area contributed by atoms with Gasteiger partial charge in [0.05, 0.1) is 17.3 Å². The van der Waals surface area contributed by atoms with Crippen LogP contribution in [0.4, 0.5) is 5.13 Å². The van der Waals surface area contributed by atoms with E-state index in [1.807, 2.05) is 5.38 Å². The van der Waals surface area contributed by atoms with Gasteiger partial charge in [0.25, 0.3) is 0 Å². The van der Waals surface area contributed by atoms with Crippen LogP contribution in [-0.2, 0) is 4.79 Å². The van der Waals surface area contributed by atoms with Crippen molar-refractivity contribution >= 4 is 45.6 Å².